The van der Waals surface area contributed by atoms with Crippen molar-refractivity contribution in [3.63, 3.8) is 0 Å². The molecule has 22 heavy (non-hydrogen) atoms. The molecule has 0 fully saturated rings. The van der Waals surface area contributed by atoms with Crippen molar-refractivity contribution in [1.82, 2.24) is 0 Å². The lowest BCUT2D eigenvalue weighted by atomic mass is 9.94. The molecule has 0 aliphatic heterocycles. The molecule has 2 aromatic rings. The van der Waals surface area contributed by atoms with E-state index in [9.17, 15) is 4.79 Å². The molecule has 0 unspecified atom stereocenters. The van der Waals surface area contributed by atoms with E-state index in [4.69, 9.17) is 5.11 Å². The first-order valence-corrected chi connectivity index (χ1v) is 8.05. The van der Waals surface area contributed by atoms with E-state index in [2.05, 4.69) is 37.3 Å². The van der Waals surface area contributed by atoms with Crippen LogP contribution >= 0.6 is 0 Å². The second-order valence-corrected chi connectivity index (χ2v) is 5.79. The van der Waals surface area contributed by atoms with Crippen LogP contribution in [0, 0.1) is 0 Å². The van der Waals surface area contributed by atoms with Crippen LogP contribution in [0.25, 0.3) is 0 Å². The van der Waals surface area contributed by atoms with Crippen LogP contribution in [0.3, 0.4) is 0 Å². The molecule has 0 atom stereocenters. The van der Waals surface area contributed by atoms with E-state index in [1.807, 2.05) is 18.2 Å². The molecule has 2 heteroatoms. The molecule has 0 amide bonds. The number of carboxylic acid groups (broad SMARTS) is 1. The van der Waals surface area contributed by atoms with Crippen molar-refractivity contribution < 1.29 is 9.90 Å². The number of hydrogen-bond acceptors (Lipinski definition) is 1. The number of aliphatic carboxylic acids is 1. The third-order valence-corrected chi connectivity index (χ3v) is 3.92. The van der Waals surface area contributed by atoms with Gasteiger partial charge in [0.05, 0.1) is 6.42 Å². The minimum atomic E-state index is -0.764. The fraction of sp³-hybridized carbons (Fsp3) is 0.350. The average molecular weight is 296 g/mol. The number of carboxylic acids is 1. The second-order valence-electron chi connectivity index (χ2n) is 5.79. The van der Waals surface area contributed by atoms with Gasteiger partial charge in [-0.3, -0.25) is 4.79 Å². The minimum absolute atomic E-state index is 0.101. The Hall–Kier alpha value is -2.09. The van der Waals surface area contributed by atoms with Gasteiger partial charge in [-0.15, -0.1) is 0 Å². The minimum Gasteiger partial charge on any atom is -0.481 e. The number of benzene rings is 2. The molecule has 0 bridgehead atoms. The highest BCUT2D eigenvalue weighted by Crippen LogP contribution is 2.19. The number of aryl methyl sites for hydroxylation is 1. The van der Waals surface area contributed by atoms with Crippen LogP contribution in [0.1, 0.15) is 48.4 Å². The standard InChI is InChI=1S/C20H24O2/c1-2-3-5-8-17-11-12-18(19(14-17)15-20(21)22)13-16-9-6-4-7-10-16/h4,6-7,9-12,14H,2-3,5,8,13,15H2,1H3,(H,21,22). The maximum atomic E-state index is 11.1. The molecular formula is C20H24O2. The summed E-state index contributed by atoms with van der Waals surface area (Å²) in [5.74, 6) is -0.764. The Morgan fingerprint density at radius 3 is 2.41 bits per heavy atom. The van der Waals surface area contributed by atoms with Crippen LogP contribution in [0.5, 0.6) is 0 Å². The average Bonchev–Trinajstić information content (AvgIpc) is 2.50. The fourth-order valence-corrected chi connectivity index (χ4v) is 2.73. The van der Waals surface area contributed by atoms with E-state index in [1.54, 1.807) is 0 Å². The number of unbranched alkanes of at least 4 members (excludes halogenated alkanes) is 2. The van der Waals surface area contributed by atoms with Gasteiger partial charge in [0, 0.05) is 0 Å². The van der Waals surface area contributed by atoms with Crippen LogP contribution < -0.4 is 0 Å². The normalized spacial score (nSPS) is 10.6. The van der Waals surface area contributed by atoms with Gasteiger partial charge >= 0.3 is 5.97 Å². The molecule has 0 aromatic heterocycles. The van der Waals surface area contributed by atoms with Gasteiger partial charge in [0.25, 0.3) is 0 Å². The van der Waals surface area contributed by atoms with Crippen LogP contribution in [0.2, 0.25) is 0 Å². The Bertz CT molecular complexity index is 602. The summed E-state index contributed by atoms with van der Waals surface area (Å²) in [6, 6.07) is 16.5. The van der Waals surface area contributed by atoms with E-state index >= 15 is 0 Å². The quantitative estimate of drug-likeness (QED) is 0.721. The number of hydrogen-bond donors (Lipinski definition) is 1. The molecule has 2 nitrogen and oxygen atoms in total. The Balaban J connectivity index is 2.18. The van der Waals surface area contributed by atoms with Crippen LogP contribution in [-0.4, -0.2) is 11.1 Å². The van der Waals surface area contributed by atoms with Crippen molar-refractivity contribution in [1.29, 1.82) is 0 Å². The van der Waals surface area contributed by atoms with E-state index in [1.165, 1.54) is 30.4 Å². The molecule has 0 aliphatic carbocycles. The summed E-state index contributed by atoms with van der Waals surface area (Å²) in [5.41, 5.74) is 4.53. The zero-order valence-corrected chi connectivity index (χ0v) is 13.2. The molecule has 0 radical (unpaired) electrons. The smallest absolute Gasteiger partial charge is 0.307 e. The Morgan fingerprint density at radius 1 is 0.955 bits per heavy atom. The van der Waals surface area contributed by atoms with Crippen molar-refractivity contribution in [2.24, 2.45) is 0 Å². The Labute approximate surface area is 132 Å². The van der Waals surface area contributed by atoms with Gasteiger partial charge in [-0.1, -0.05) is 68.3 Å². The molecule has 0 saturated heterocycles. The highest BCUT2D eigenvalue weighted by atomic mass is 16.4. The zero-order chi connectivity index (χ0) is 15.8. The monoisotopic (exact) mass is 296 g/mol. The fourth-order valence-electron chi connectivity index (χ4n) is 2.73. The van der Waals surface area contributed by atoms with Gasteiger partial charge in [0.1, 0.15) is 0 Å². The molecule has 0 heterocycles. The number of carbonyl (C=O) groups is 1. The van der Waals surface area contributed by atoms with E-state index in [0.717, 1.165) is 24.0 Å². The molecule has 1 N–H and O–H groups in total. The lowest BCUT2D eigenvalue weighted by Crippen LogP contribution is -2.05. The van der Waals surface area contributed by atoms with Crippen LogP contribution in [-0.2, 0) is 24.1 Å². The van der Waals surface area contributed by atoms with Crippen LogP contribution in [0.4, 0.5) is 0 Å². The van der Waals surface area contributed by atoms with Crippen molar-refractivity contribution >= 4 is 5.97 Å². The first-order valence-electron chi connectivity index (χ1n) is 8.05. The highest BCUT2D eigenvalue weighted by molar-refractivity contribution is 5.71. The van der Waals surface area contributed by atoms with Crippen molar-refractivity contribution in [2.45, 2.75) is 45.4 Å². The van der Waals surface area contributed by atoms with E-state index in [-0.39, 0.29) is 6.42 Å². The molecule has 116 valence electrons. The summed E-state index contributed by atoms with van der Waals surface area (Å²) < 4.78 is 0. The molecule has 0 aliphatic rings. The predicted octanol–water partition coefficient (Wildman–Crippen LogP) is 4.64. The van der Waals surface area contributed by atoms with Gasteiger partial charge in [-0.25, -0.2) is 0 Å². The maximum absolute atomic E-state index is 11.1. The second kappa shape index (κ2) is 8.38. The summed E-state index contributed by atoms with van der Waals surface area (Å²) in [7, 11) is 0. The molecular weight excluding hydrogens is 272 g/mol. The van der Waals surface area contributed by atoms with Crippen molar-refractivity contribution in [2.75, 3.05) is 0 Å². The van der Waals surface area contributed by atoms with E-state index < -0.39 is 5.97 Å². The summed E-state index contributed by atoms with van der Waals surface area (Å²) in [6.45, 7) is 2.19. The zero-order valence-electron chi connectivity index (χ0n) is 13.2. The Morgan fingerprint density at radius 2 is 1.73 bits per heavy atom. The van der Waals surface area contributed by atoms with Gasteiger partial charge in [0.2, 0.25) is 0 Å². The number of rotatable bonds is 8. The van der Waals surface area contributed by atoms with Gasteiger partial charge in [-0.05, 0) is 41.5 Å². The maximum Gasteiger partial charge on any atom is 0.307 e. The molecule has 2 rings (SSSR count). The Kier molecular flexibility index (Phi) is 6.20. The summed E-state index contributed by atoms with van der Waals surface area (Å²) in [4.78, 5) is 11.1. The SMILES string of the molecule is CCCCCc1ccc(Cc2ccccc2)c(CC(=O)O)c1. The first kappa shape index (κ1) is 16.3. The summed E-state index contributed by atoms with van der Waals surface area (Å²) >= 11 is 0. The van der Waals surface area contributed by atoms with Gasteiger partial charge in [0.15, 0.2) is 0 Å². The molecule has 0 spiro atoms. The third kappa shape index (κ3) is 5.03. The van der Waals surface area contributed by atoms with Crippen molar-refractivity contribution in [3.8, 4) is 0 Å². The largest absolute Gasteiger partial charge is 0.481 e. The predicted molar refractivity (Wildman–Crippen MR) is 90.3 cm³/mol. The summed E-state index contributed by atoms with van der Waals surface area (Å²) in [5, 5.41) is 9.16. The third-order valence-electron chi connectivity index (χ3n) is 3.92. The molecule has 2 aromatic carbocycles. The lowest BCUT2D eigenvalue weighted by Gasteiger charge is -2.11. The van der Waals surface area contributed by atoms with E-state index in [0.29, 0.717) is 0 Å². The first-order chi connectivity index (χ1) is 10.7. The lowest BCUT2D eigenvalue weighted by molar-refractivity contribution is -0.136. The summed E-state index contributed by atoms with van der Waals surface area (Å²) in [6.07, 6.45) is 5.52. The van der Waals surface area contributed by atoms with Gasteiger partial charge in [-0.2, -0.15) is 0 Å². The van der Waals surface area contributed by atoms with Crippen molar-refractivity contribution in [3.05, 3.63) is 70.8 Å². The van der Waals surface area contributed by atoms with Crippen LogP contribution in [0.15, 0.2) is 48.5 Å². The van der Waals surface area contributed by atoms with Gasteiger partial charge < -0.3 is 5.11 Å². The molecule has 0 saturated carbocycles. The highest BCUT2D eigenvalue weighted by Gasteiger charge is 2.09. The topological polar surface area (TPSA) is 37.3 Å².